The number of sulfonamides is 1. The van der Waals surface area contributed by atoms with Gasteiger partial charge in [0.15, 0.2) is 5.76 Å². The van der Waals surface area contributed by atoms with Crippen molar-refractivity contribution in [3.63, 3.8) is 0 Å². The second-order valence-corrected chi connectivity index (χ2v) is 8.29. The van der Waals surface area contributed by atoms with Crippen molar-refractivity contribution in [1.29, 1.82) is 5.26 Å². The van der Waals surface area contributed by atoms with Crippen LogP contribution in [0.3, 0.4) is 0 Å². The smallest absolute Gasteiger partial charge is 0.261 e. The summed E-state index contributed by atoms with van der Waals surface area (Å²) in [5.41, 5.74) is 2.47. The lowest BCUT2D eigenvalue weighted by Gasteiger charge is -2.08. The van der Waals surface area contributed by atoms with Crippen LogP contribution in [0.5, 0.6) is 0 Å². The molecule has 158 valence electrons. The zero-order valence-electron chi connectivity index (χ0n) is 16.9. The van der Waals surface area contributed by atoms with E-state index in [4.69, 9.17) is 9.78 Å². The Kier molecular flexibility index (Phi) is 6.52. The second-order valence-electron chi connectivity index (χ2n) is 6.61. The van der Waals surface area contributed by atoms with Crippen molar-refractivity contribution in [2.45, 2.75) is 25.2 Å². The van der Waals surface area contributed by atoms with Crippen LogP contribution in [0.15, 0.2) is 57.9 Å². The van der Waals surface area contributed by atoms with Gasteiger partial charge in [0.05, 0.1) is 22.2 Å². The van der Waals surface area contributed by atoms with Gasteiger partial charge < -0.3 is 9.84 Å². The van der Waals surface area contributed by atoms with Crippen molar-refractivity contribution in [3.05, 3.63) is 71.1 Å². The number of benzene rings is 2. The summed E-state index contributed by atoms with van der Waals surface area (Å²) in [7, 11) is -3.80. The maximum absolute atomic E-state index is 12.6. The first-order valence-electron chi connectivity index (χ1n) is 9.39. The van der Waals surface area contributed by atoms with E-state index >= 15 is 0 Å². The van der Waals surface area contributed by atoms with Gasteiger partial charge in [0, 0.05) is 6.42 Å². The van der Waals surface area contributed by atoms with Crippen molar-refractivity contribution in [3.8, 4) is 6.07 Å². The zero-order valence-corrected chi connectivity index (χ0v) is 17.7. The van der Waals surface area contributed by atoms with Crippen LogP contribution in [0.2, 0.25) is 0 Å². The first-order valence-corrected chi connectivity index (χ1v) is 10.9. The number of carbonyl (C=O) groups is 1. The summed E-state index contributed by atoms with van der Waals surface area (Å²) >= 11 is 0. The Balaban J connectivity index is 1.76. The number of nitrogens with zero attached hydrogens (tertiary/aromatic N) is 2. The zero-order chi connectivity index (χ0) is 22.4. The molecule has 9 heteroatoms. The number of hydrogen-bond acceptors (Lipinski definition) is 6. The molecule has 0 saturated carbocycles. The van der Waals surface area contributed by atoms with Crippen molar-refractivity contribution < 1.29 is 17.7 Å². The lowest BCUT2D eigenvalue weighted by molar-refractivity contribution is -0.115. The predicted molar refractivity (Wildman–Crippen MR) is 117 cm³/mol. The summed E-state index contributed by atoms with van der Waals surface area (Å²) < 4.78 is 32.9. The largest absolute Gasteiger partial charge is 0.354 e. The van der Waals surface area contributed by atoms with E-state index < -0.39 is 10.0 Å². The van der Waals surface area contributed by atoms with Gasteiger partial charge in [0.2, 0.25) is 5.91 Å². The summed E-state index contributed by atoms with van der Waals surface area (Å²) in [5, 5.41) is 15.6. The summed E-state index contributed by atoms with van der Waals surface area (Å²) in [5.74, 6) is 0.248. The minimum atomic E-state index is -3.80. The van der Waals surface area contributed by atoms with Gasteiger partial charge in [-0.05, 0) is 48.9 Å². The van der Waals surface area contributed by atoms with Gasteiger partial charge >= 0.3 is 0 Å². The predicted octanol–water partition coefficient (Wildman–Crippen LogP) is 4.17. The minimum absolute atomic E-state index is 0.0819. The van der Waals surface area contributed by atoms with Gasteiger partial charge in [-0.15, -0.1) is 0 Å². The average Bonchev–Trinajstić information content (AvgIpc) is 3.11. The second kappa shape index (κ2) is 9.28. The van der Waals surface area contributed by atoms with Gasteiger partial charge in [-0.1, -0.05) is 36.4 Å². The molecular weight excluding hydrogens is 416 g/mol. The molecule has 0 unspecified atom stereocenters. The van der Waals surface area contributed by atoms with Crippen molar-refractivity contribution in [2.75, 3.05) is 10.0 Å². The first-order chi connectivity index (χ1) is 14.8. The Morgan fingerprint density at radius 2 is 1.94 bits per heavy atom. The highest BCUT2D eigenvalue weighted by Gasteiger charge is 2.15. The number of carbonyl (C=O) groups excluding carboxylic acids is 1. The third-order valence-corrected chi connectivity index (χ3v) is 5.73. The normalized spacial score (nSPS) is 11.3. The van der Waals surface area contributed by atoms with Gasteiger partial charge in [-0.3, -0.25) is 9.52 Å². The summed E-state index contributed by atoms with van der Waals surface area (Å²) in [4.78, 5) is 11.8. The molecule has 0 fully saturated rings. The van der Waals surface area contributed by atoms with E-state index in [2.05, 4.69) is 15.2 Å². The van der Waals surface area contributed by atoms with Gasteiger partial charge in [0.1, 0.15) is 11.4 Å². The fourth-order valence-corrected chi connectivity index (χ4v) is 3.73. The molecule has 0 atom stereocenters. The maximum Gasteiger partial charge on any atom is 0.261 e. The van der Waals surface area contributed by atoms with Gasteiger partial charge in [-0.25, -0.2) is 8.42 Å². The Morgan fingerprint density at radius 1 is 1.19 bits per heavy atom. The number of aryl methyl sites for hydroxylation is 1. The average molecular weight is 436 g/mol. The molecule has 0 radical (unpaired) electrons. The molecule has 0 bridgehead atoms. The van der Waals surface area contributed by atoms with E-state index in [0.29, 0.717) is 34.8 Å². The molecule has 2 aromatic carbocycles. The lowest BCUT2D eigenvalue weighted by Crippen LogP contribution is -2.12. The number of aromatic nitrogens is 1. The number of nitriles is 1. The molecule has 1 aromatic heterocycles. The van der Waals surface area contributed by atoms with Crippen LogP contribution in [0.1, 0.15) is 35.9 Å². The molecule has 3 aromatic rings. The number of amides is 1. The van der Waals surface area contributed by atoms with E-state index in [9.17, 15) is 13.2 Å². The lowest BCUT2D eigenvalue weighted by atomic mass is 10.2. The van der Waals surface area contributed by atoms with Crippen LogP contribution in [-0.2, 0) is 14.8 Å². The molecule has 0 aliphatic carbocycles. The minimum Gasteiger partial charge on any atom is -0.354 e. The molecule has 0 aliphatic heterocycles. The maximum atomic E-state index is 12.6. The Hall–Kier alpha value is -3.90. The van der Waals surface area contributed by atoms with E-state index in [1.807, 2.05) is 6.07 Å². The Bertz CT molecular complexity index is 1270. The molecular formula is C22H20N4O4S. The van der Waals surface area contributed by atoms with E-state index in [0.717, 1.165) is 5.56 Å². The topological polar surface area (TPSA) is 125 Å². The SMILES string of the molecule is CCC(=O)Nc1c(C)noc1C=Cc1ccc(S(=O)(=O)Nc2cccc(C#N)c2)cc1. The van der Waals surface area contributed by atoms with E-state index in [-0.39, 0.29) is 10.8 Å². The van der Waals surface area contributed by atoms with Crippen LogP contribution in [0.4, 0.5) is 11.4 Å². The summed E-state index contributed by atoms with van der Waals surface area (Å²) in [6, 6.07) is 14.4. The third-order valence-electron chi connectivity index (χ3n) is 4.34. The summed E-state index contributed by atoms with van der Waals surface area (Å²) in [6.07, 6.45) is 3.71. The molecule has 0 aliphatic rings. The van der Waals surface area contributed by atoms with Crippen LogP contribution >= 0.6 is 0 Å². The number of nitrogens with one attached hydrogen (secondary N) is 2. The molecule has 3 rings (SSSR count). The molecule has 1 heterocycles. The van der Waals surface area contributed by atoms with Crippen molar-refractivity contribution in [2.24, 2.45) is 0 Å². The fourth-order valence-electron chi connectivity index (χ4n) is 2.68. The van der Waals surface area contributed by atoms with Crippen molar-refractivity contribution in [1.82, 2.24) is 5.16 Å². The number of rotatable bonds is 7. The Morgan fingerprint density at radius 3 is 2.61 bits per heavy atom. The van der Waals surface area contributed by atoms with E-state index in [1.165, 1.54) is 18.2 Å². The first kappa shape index (κ1) is 21.8. The van der Waals surface area contributed by atoms with E-state index in [1.54, 1.807) is 56.3 Å². The molecule has 0 spiro atoms. The number of hydrogen-bond donors (Lipinski definition) is 2. The highest BCUT2D eigenvalue weighted by molar-refractivity contribution is 7.92. The molecule has 2 N–H and O–H groups in total. The standard InChI is InChI=1S/C22H20N4O4S/c1-3-21(27)24-22-15(2)25-30-20(22)12-9-16-7-10-19(11-8-16)31(28,29)26-18-6-4-5-17(13-18)14-23/h4-13,26H,3H2,1-2H3,(H,24,27). The summed E-state index contributed by atoms with van der Waals surface area (Å²) in [6.45, 7) is 3.48. The van der Waals surface area contributed by atoms with Crippen LogP contribution in [-0.4, -0.2) is 19.5 Å². The highest BCUT2D eigenvalue weighted by atomic mass is 32.2. The Labute approximate surface area is 180 Å². The monoisotopic (exact) mass is 436 g/mol. The fraction of sp³-hybridized carbons (Fsp3) is 0.136. The molecule has 0 saturated heterocycles. The van der Waals surface area contributed by atoms with Crippen molar-refractivity contribution >= 4 is 39.5 Å². The number of anilines is 2. The highest BCUT2D eigenvalue weighted by Crippen LogP contribution is 2.23. The van der Waals surface area contributed by atoms with Crippen LogP contribution < -0.4 is 10.0 Å². The third kappa shape index (κ3) is 5.38. The molecule has 31 heavy (non-hydrogen) atoms. The molecule has 8 nitrogen and oxygen atoms in total. The van der Waals surface area contributed by atoms with Gasteiger partial charge in [-0.2, -0.15) is 5.26 Å². The molecule has 1 amide bonds. The van der Waals surface area contributed by atoms with Crippen LogP contribution in [0, 0.1) is 18.3 Å². The van der Waals surface area contributed by atoms with Crippen LogP contribution in [0.25, 0.3) is 12.2 Å². The van der Waals surface area contributed by atoms with Gasteiger partial charge in [0.25, 0.3) is 10.0 Å². The quantitative estimate of drug-likeness (QED) is 0.572.